The van der Waals surface area contributed by atoms with E-state index in [0.29, 0.717) is 26.2 Å². The molecule has 1 saturated heterocycles. The summed E-state index contributed by atoms with van der Waals surface area (Å²) in [7, 11) is 0. The number of hydrogen-bond donors (Lipinski definition) is 1. The fraction of sp³-hybridized carbons (Fsp3) is 0.533. The van der Waals surface area contributed by atoms with E-state index in [4.69, 9.17) is 0 Å². The minimum absolute atomic E-state index is 0.0372. The van der Waals surface area contributed by atoms with Gasteiger partial charge in [-0.3, -0.25) is 9.69 Å². The highest BCUT2D eigenvalue weighted by atomic mass is 19.1. The zero-order valence-corrected chi connectivity index (χ0v) is 12.1. The first kappa shape index (κ1) is 15.9. The summed E-state index contributed by atoms with van der Waals surface area (Å²) in [6.07, 6.45) is 0.847. The van der Waals surface area contributed by atoms with Crippen LogP contribution in [0.2, 0.25) is 0 Å². The van der Waals surface area contributed by atoms with Crippen molar-refractivity contribution >= 4 is 5.91 Å². The molecule has 1 heterocycles. The quantitative estimate of drug-likeness (QED) is 0.916. The lowest BCUT2D eigenvalue weighted by Gasteiger charge is -2.38. The van der Waals surface area contributed by atoms with Crippen LogP contribution in [0.15, 0.2) is 18.2 Å². The summed E-state index contributed by atoms with van der Waals surface area (Å²) >= 11 is 0. The van der Waals surface area contributed by atoms with Gasteiger partial charge in [-0.1, -0.05) is 6.92 Å². The topological polar surface area (TPSA) is 43.8 Å². The van der Waals surface area contributed by atoms with Crippen molar-refractivity contribution in [1.82, 2.24) is 9.80 Å². The third kappa shape index (κ3) is 3.77. The number of rotatable bonds is 4. The molecule has 0 saturated carbocycles. The molecule has 0 bridgehead atoms. The summed E-state index contributed by atoms with van der Waals surface area (Å²) in [5.74, 6) is -1.85. The number of carbonyl (C=O) groups is 1. The number of piperazine rings is 1. The molecule has 2 rings (SSSR count). The molecule has 1 fully saturated rings. The Bertz CT molecular complexity index is 478. The normalized spacial score (nSPS) is 17.8. The van der Waals surface area contributed by atoms with E-state index in [9.17, 15) is 18.7 Å². The summed E-state index contributed by atoms with van der Waals surface area (Å²) in [6, 6.07) is 2.97. The van der Waals surface area contributed by atoms with Gasteiger partial charge in [-0.05, 0) is 18.6 Å². The van der Waals surface area contributed by atoms with Crippen LogP contribution in [0.1, 0.15) is 23.7 Å². The molecule has 1 atom stereocenters. The second-order valence-corrected chi connectivity index (χ2v) is 5.23. The maximum atomic E-state index is 13.2. The smallest absolute Gasteiger partial charge is 0.254 e. The van der Waals surface area contributed by atoms with Crippen LogP contribution < -0.4 is 0 Å². The van der Waals surface area contributed by atoms with Crippen molar-refractivity contribution < 1.29 is 18.7 Å². The number of aliphatic hydroxyl groups excluding tert-OH is 1. The lowest BCUT2D eigenvalue weighted by atomic mass is 10.1. The summed E-state index contributed by atoms with van der Waals surface area (Å²) in [5.41, 5.74) is 0.0372. The molecule has 1 aromatic carbocycles. The van der Waals surface area contributed by atoms with Gasteiger partial charge in [0.1, 0.15) is 11.6 Å². The van der Waals surface area contributed by atoms with E-state index in [1.807, 2.05) is 6.92 Å². The van der Waals surface area contributed by atoms with E-state index in [-0.39, 0.29) is 24.1 Å². The predicted octanol–water partition coefficient (Wildman–Crippen LogP) is 1.49. The zero-order valence-electron chi connectivity index (χ0n) is 12.1. The van der Waals surface area contributed by atoms with Gasteiger partial charge in [0.2, 0.25) is 0 Å². The standard InChI is InChI=1S/C15H20F2N2O2/c1-2-14(10-20)18-3-5-19(6-4-18)15(21)11-7-12(16)9-13(17)8-11/h7-9,14,20H,2-6,10H2,1H3. The van der Waals surface area contributed by atoms with Crippen molar-refractivity contribution in [3.8, 4) is 0 Å². The van der Waals surface area contributed by atoms with Crippen molar-refractivity contribution in [2.24, 2.45) is 0 Å². The Morgan fingerprint density at radius 3 is 2.24 bits per heavy atom. The monoisotopic (exact) mass is 298 g/mol. The van der Waals surface area contributed by atoms with Gasteiger partial charge in [0.25, 0.3) is 5.91 Å². The van der Waals surface area contributed by atoms with Crippen molar-refractivity contribution in [3.05, 3.63) is 35.4 Å². The summed E-state index contributed by atoms with van der Waals surface area (Å²) in [5, 5.41) is 9.29. The van der Waals surface area contributed by atoms with Crippen LogP contribution >= 0.6 is 0 Å². The maximum absolute atomic E-state index is 13.2. The Morgan fingerprint density at radius 2 is 1.76 bits per heavy atom. The molecule has 4 nitrogen and oxygen atoms in total. The number of halogens is 2. The number of hydrogen-bond acceptors (Lipinski definition) is 3. The first-order chi connectivity index (χ1) is 10.0. The van der Waals surface area contributed by atoms with E-state index >= 15 is 0 Å². The number of carbonyl (C=O) groups excluding carboxylic acids is 1. The Balaban J connectivity index is 2.00. The molecule has 1 N–H and O–H groups in total. The van der Waals surface area contributed by atoms with Crippen LogP contribution in [0, 0.1) is 11.6 Å². The summed E-state index contributed by atoms with van der Waals surface area (Å²) in [4.78, 5) is 16.0. The third-order valence-corrected chi connectivity index (χ3v) is 3.91. The third-order valence-electron chi connectivity index (χ3n) is 3.91. The van der Waals surface area contributed by atoms with Crippen molar-refractivity contribution in [2.45, 2.75) is 19.4 Å². The molecule has 6 heteroatoms. The van der Waals surface area contributed by atoms with Crippen molar-refractivity contribution in [3.63, 3.8) is 0 Å². The Kier molecular flexibility index (Phi) is 5.25. The lowest BCUT2D eigenvalue weighted by Crippen LogP contribution is -2.52. The van der Waals surface area contributed by atoms with Crippen LogP contribution in [-0.2, 0) is 0 Å². The summed E-state index contributed by atoms with van der Waals surface area (Å²) in [6.45, 7) is 4.40. The predicted molar refractivity (Wildman–Crippen MR) is 75.0 cm³/mol. The number of nitrogens with zero attached hydrogens (tertiary/aromatic N) is 2. The average Bonchev–Trinajstić information content (AvgIpc) is 2.47. The average molecular weight is 298 g/mol. The minimum atomic E-state index is -0.747. The van der Waals surface area contributed by atoms with Gasteiger partial charge >= 0.3 is 0 Å². The van der Waals surface area contributed by atoms with E-state index in [1.165, 1.54) is 0 Å². The maximum Gasteiger partial charge on any atom is 0.254 e. The molecule has 1 unspecified atom stereocenters. The van der Waals surface area contributed by atoms with E-state index in [1.54, 1.807) is 4.90 Å². The largest absolute Gasteiger partial charge is 0.395 e. The van der Waals surface area contributed by atoms with Crippen molar-refractivity contribution in [1.29, 1.82) is 0 Å². The second kappa shape index (κ2) is 6.95. The van der Waals surface area contributed by atoms with Crippen LogP contribution in [0.4, 0.5) is 8.78 Å². The fourth-order valence-electron chi connectivity index (χ4n) is 2.65. The van der Waals surface area contributed by atoms with Crippen LogP contribution in [-0.4, -0.2) is 59.6 Å². The molecule has 0 radical (unpaired) electrons. The van der Waals surface area contributed by atoms with Gasteiger partial charge in [0.05, 0.1) is 6.61 Å². The number of amides is 1. The Morgan fingerprint density at radius 1 is 1.19 bits per heavy atom. The lowest BCUT2D eigenvalue weighted by molar-refractivity contribution is 0.0471. The van der Waals surface area contributed by atoms with Gasteiger partial charge in [-0.2, -0.15) is 0 Å². The molecule has 21 heavy (non-hydrogen) atoms. The highest BCUT2D eigenvalue weighted by Gasteiger charge is 2.25. The van der Waals surface area contributed by atoms with Gasteiger partial charge in [0.15, 0.2) is 0 Å². The highest BCUT2D eigenvalue weighted by molar-refractivity contribution is 5.94. The van der Waals surface area contributed by atoms with Crippen LogP contribution in [0.25, 0.3) is 0 Å². The molecule has 0 aromatic heterocycles. The molecule has 1 aliphatic rings. The van der Waals surface area contributed by atoms with Gasteiger partial charge in [-0.25, -0.2) is 8.78 Å². The van der Waals surface area contributed by atoms with Crippen LogP contribution in [0.5, 0.6) is 0 Å². The van der Waals surface area contributed by atoms with Gasteiger partial charge in [0, 0.05) is 43.9 Å². The fourth-order valence-corrected chi connectivity index (χ4v) is 2.65. The number of aliphatic hydroxyl groups is 1. The first-order valence-corrected chi connectivity index (χ1v) is 7.15. The molecule has 0 spiro atoms. The second-order valence-electron chi connectivity index (χ2n) is 5.23. The highest BCUT2D eigenvalue weighted by Crippen LogP contribution is 2.14. The minimum Gasteiger partial charge on any atom is -0.395 e. The molecule has 116 valence electrons. The van der Waals surface area contributed by atoms with E-state index in [2.05, 4.69) is 4.90 Å². The SMILES string of the molecule is CCC(CO)N1CCN(C(=O)c2cc(F)cc(F)c2)CC1. The van der Waals surface area contributed by atoms with Crippen molar-refractivity contribution in [2.75, 3.05) is 32.8 Å². The first-order valence-electron chi connectivity index (χ1n) is 7.15. The molecular weight excluding hydrogens is 278 g/mol. The van der Waals surface area contributed by atoms with Crippen LogP contribution in [0.3, 0.4) is 0 Å². The molecular formula is C15H20F2N2O2. The molecule has 1 aliphatic heterocycles. The van der Waals surface area contributed by atoms with E-state index < -0.39 is 11.6 Å². The Labute approximate surface area is 123 Å². The van der Waals surface area contributed by atoms with Gasteiger partial charge in [-0.15, -0.1) is 0 Å². The Hall–Kier alpha value is -1.53. The molecule has 1 aromatic rings. The van der Waals surface area contributed by atoms with Gasteiger partial charge < -0.3 is 10.0 Å². The zero-order chi connectivity index (χ0) is 15.4. The van der Waals surface area contributed by atoms with E-state index in [0.717, 1.165) is 24.6 Å². The summed E-state index contributed by atoms with van der Waals surface area (Å²) < 4.78 is 26.3. The number of benzene rings is 1. The molecule has 1 amide bonds. The molecule has 0 aliphatic carbocycles.